The molecule has 0 spiro atoms. The SMILES string of the molecule is c1ccc2c(c1)ccc1cc3c(cc12)c1cccnc1c1cncn31. The molecule has 0 aliphatic rings. The quantitative estimate of drug-likeness (QED) is 0.279. The Hall–Kier alpha value is -3.46. The Labute approximate surface area is 143 Å². The number of hydrogen-bond donors (Lipinski definition) is 0. The number of imidazole rings is 1. The fourth-order valence-electron chi connectivity index (χ4n) is 3.95. The van der Waals surface area contributed by atoms with Crippen LogP contribution in [0.4, 0.5) is 0 Å². The summed E-state index contributed by atoms with van der Waals surface area (Å²) in [4.78, 5) is 8.97. The molecule has 0 atom stereocenters. The van der Waals surface area contributed by atoms with Gasteiger partial charge in [0.1, 0.15) is 0 Å². The highest BCUT2D eigenvalue weighted by Crippen LogP contribution is 2.34. The second-order valence-corrected chi connectivity index (χ2v) is 6.43. The van der Waals surface area contributed by atoms with E-state index in [0.29, 0.717) is 0 Å². The molecule has 0 bridgehead atoms. The molecule has 0 saturated carbocycles. The second kappa shape index (κ2) is 4.54. The first-order valence-corrected chi connectivity index (χ1v) is 8.34. The first-order chi connectivity index (χ1) is 12.4. The number of benzene rings is 3. The van der Waals surface area contributed by atoms with Crippen molar-refractivity contribution >= 4 is 48.9 Å². The molecule has 0 aliphatic carbocycles. The first kappa shape index (κ1) is 12.9. The van der Waals surface area contributed by atoms with Gasteiger partial charge >= 0.3 is 0 Å². The lowest BCUT2D eigenvalue weighted by atomic mass is 9.98. The van der Waals surface area contributed by atoms with Crippen LogP contribution >= 0.6 is 0 Å². The van der Waals surface area contributed by atoms with Crippen LogP contribution in [-0.4, -0.2) is 14.4 Å². The van der Waals surface area contributed by atoms with Gasteiger partial charge in [-0.3, -0.25) is 9.38 Å². The zero-order valence-corrected chi connectivity index (χ0v) is 13.3. The number of rotatable bonds is 0. The Balaban J connectivity index is 1.95. The van der Waals surface area contributed by atoms with Crippen LogP contribution in [-0.2, 0) is 0 Å². The van der Waals surface area contributed by atoms with Crippen LogP contribution in [0.5, 0.6) is 0 Å². The highest BCUT2D eigenvalue weighted by molar-refractivity contribution is 6.18. The summed E-state index contributed by atoms with van der Waals surface area (Å²) in [5, 5.41) is 7.43. The summed E-state index contributed by atoms with van der Waals surface area (Å²) < 4.78 is 2.14. The van der Waals surface area contributed by atoms with Gasteiger partial charge in [-0.25, -0.2) is 4.98 Å². The van der Waals surface area contributed by atoms with E-state index in [1.807, 2.05) is 24.8 Å². The predicted molar refractivity (Wildman–Crippen MR) is 103 cm³/mol. The number of fused-ring (bicyclic) bond motifs is 9. The Morgan fingerprint density at radius 3 is 2.56 bits per heavy atom. The number of aromatic nitrogens is 3. The summed E-state index contributed by atoms with van der Waals surface area (Å²) in [7, 11) is 0. The second-order valence-electron chi connectivity index (χ2n) is 6.43. The molecular weight excluding hydrogens is 306 g/mol. The minimum Gasteiger partial charge on any atom is -0.297 e. The van der Waals surface area contributed by atoms with Gasteiger partial charge in [0.05, 0.1) is 29.1 Å². The van der Waals surface area contributed by atoms with Crippen molar-refractivity contribution in [3.8, 4) is 0 Å². The zero-order chi connectivity index (χ0) is 16.4. The third kappa shape index (κ3) is 1.64. The predicted octanol–water partition coefficient (Wildman–Crippen LogP) is 5.34. The molecule has 0 fully saturated rings. The van der Waals surface area contributed by atoms with Crippen LogP contribution in [0.15, 0.2) is 79.4 Å². The van der Waals surface area contributed by atoms with Crippen LogP contribution in [0.3, 0.4) is 0 Å². The molecule has 0 unspecified atom stereocenters. The number of hydrogen-bond acceptors (Lipinski definition) is 2. The summed E-state index contributed by atoms with van der Waals surface area (Å²) in [6, 6.07) is 21.7. The van der Waals surface area contributed by atoms with Gasteiger partial charge in [-0.2, -0.15) is 0 Å². The van der Waals surface area contributed by atoms with Gasteiger partial charge in [0.2, 0.25) is 0 Å². The summed E-state index contributed by atoms with van der Waals surface area (Å²) in [6.07, 6.45) is 5.61. The third-order valence-corrected chi connectivity index (χ3v) is 5.10. The third-order valence-electron chi connectivity index (χ3n) is 5.10. The van der Waals surface area contributed by atoms with Crippen molar-refractivity contribution < 1.29 is 0 Å². The average Bonchev–Trinajstić information content (AvgIpc) is 3.17. The van der Waals surface area contributed by atoms with E-state index < -0.39 is 0 Å². The largest absolute Gasteiger partial charge is 0.297 e. The molecule has 6 aromatic rings. The van der Waals surface area contributed by atoms with Gasteiger partial charge in [-0.05, 0) is 39.7 Å². The lowest BCUT2D eigenvalue weighted by molar-refractivity contribution is 1.21. The molecule has 3 aromatic heterocycles. The molecule has 3 heteroatoms. The molecule has 3 aromatic carbocycles. The Kier molecular flexibility index (Phi) is 2.35. The summed E-state index contributed by atoms with van der Waals surface area (Å²) in [6.45, 7) is 0. The van der Waals surface area contributed by atoms with E-state index in [-0.39, 0.29) is 0 Å². The first-order valence-electron chi connectivity index (χ1n) is 8.34. The summed E-state index contributed by atoms with van der Waals surface area (Å²) in [5.41, 5.74) is 3.20. The van der Waals surface area contributed by atoms with Crippen molar-refractivity contribution in [1.29, 1.82) is 0 Å². The number of nitrogens with zero attached hydrogens (tertiary/aromatic N) is 3. The molecule has 6 rings (SSSR count). The van der Waals surface area contributed by atoms with E-state index >= 15 is 0 Å². The van der Waals surface area contributed by atoms with Crippen molar-refractivity contribution in [2.75, 3.05) is 0 Å². The molecule has 0 saturated heterocycles. The molecule has 3 heterocycles. The summed E-state index contributed by atoms with van der Waals surface area (Å²) in [5.74, 6) is 0. The van der Waals surface area contributed by atoms with Gasteiger partial charge in [-0.15, -0.1) is 0 Å². The van der Waals surface area contributed by atoms with E-state index in [2.05, 4.69) is 69.0 Å². The van der Waals surface area contributed by atoms with Gasteiger partial charge < -0.3 is 0 Å². The molecule has 3 nitrogen and oxygen atoms in total. The molecule has 0 N–H and O–H groups in total. The Bertz CT molecular complexity index is 1440. The lowest BCUT2D eigenvalue weighted by Crippen LogP contribution is -1.91. The van der Waals surface area contributed by atoms with Gasteiger partial charge in [0.15, 0.2) is 0 Å². The van der Waals surface area contributed by atoms with Crippen LogP contribution in [0.2, 0.25) is 0 Å². The van der Waals surface area contributed by atoms with Crippen molar-refractivity contribution in [2.45, 2.75) is 0 Å². The molecule has 116 valence electrons. The highest BCUT2D eigenvalue weighted by Gasteiger charge is 2.11. The molecule has 0 aliphatic heterocycles. The Morgan fingerprint density at radius 1 is 0.680 bits per heavy atom. The maximum atomic E-state index is 4.61. The van der Waals surface area contributed by atoms with Gasteiger partial charge in [0, 0.05) is 17.0 Å². The van der Waals surface area contributed by atoms with E-state index in [1.54, 1.807) is 0 Å². The minimum absolute atomic E-state index is 0.993. The maximum absolute atomic E-state index is 4.61. The molecular formula is C22H13N3. The number of pyridine rings is 2. The minimum atomic E-state index is 0.993. The zero-order valence-electron chi connectivity index (χ0n) is 13.3. The van der Waals surface area contributed by atoms with Crippen LogP contribution in [0.1, 0.15) is 0 Å². The topological polar surface area (TPSA) is 30.2 Å². The molecule has 0 radical (unpaired) electrons. The molecule has 0 amide bonds. The van der Waals surface area contributed by atoms with Gasteiger partial charge in [-0.1, -0.05) is 42.5 Å². The van der Waals surface area contributed by atoms with E-state index in [4.69, 9.17) is 0 Å². The van der Waals surface area contributed by atoms with Crippen molar-refractivity contribution in [3.63, 3.8) is 0 Å². The van der Waals surface area contributed by atoms with Crippen LogP contribution < -0.4 is 0 Å². The fraction of sp³-hybridized carbons (Fsp3) is 0. The average molecular weight is 319 g/mol. The van der Waals surface area contributed by atoms with E-state index in [1.165, 1.54) is 32.3 Å². The van der Waals surface area contributed by atoms with Crippen LogP contribution in [0.25, 0.3) is 48.9 Å². The fourth-order valence-corrected chi connectivity index (χ4v) is 3.95. The van der Waals surface area contributed by atoms with Crippen molar-refractivity contribution in [1.82, 2.24) is 14.4 Å². The lowest BCUT2D eigenvalue weighted by Gasteiger charge is -2.11. The van der Waals surface area contributed by atoms with E-state index in [9.17, 15) is 0 Å². The Morgan fingerprint density at radius 2 is 1.56 bits per heavy atom. The highest BCUT2D eigenvalue weighted by atomic mass is 15.0. The normalized spacial score (nSPS) is 12.0. The van der Waals surface area contributed by atoms with Crippen LogP contribution in [0, 0.1) is 0 Å². The van der Waals surface area contributed by atoms with Crippen molar-refractivity contribution in [2.24, 2.45) is 0 Å². The van der Waals surface area contributed by atoms with Crippen molar-refractivity contribution in [3.05, 3.63) is 79.4 Å². The standard InChI is InChI=1S/C22H13N3/c1-2-5-16-14(4-1)7-8-15-10-20-19(11-18(15)16)17-6-3-9-24-22(17)21-12-23-13-25(20)21/h1-13H. The van der Waals surface area contributed by atoms with E-state index in [0.717, 1.165) is 16.6 Å². The molecule has 25 heavy (non-hydrogen) atoms. The monoisotopic (exact) mass is 319 g/mol. The van der Waals surface area contributed by atoms with Gasteiger partial charge in [0.25, 0.3) is 0 Å². The smallest absolute Gasteiger partial charge is 0.0997 e. The maximum Gasteiger partial charge on any atom is 0.0997 e. The summed E-state index contributed by atoms with van der Waals surface area (Å²) >= 11 is 0.